The lowest BCUT2D eigenvalue weighted by Crippen LogP contribution is -2.57. The molecule has 0 unspecified atom stereocenters. The maximum absolute atomic E-state index is 11.9. The van der Waals surface area contributed by atoms with Gasteiger partial charge in [0.25, 0.3) is 0 Å². The fourth-order valence-electron chi connectivity index (χ4n) is 4.85. The second-order valence-electron chi connectivity index (χ2n) is 8.32. The standard InChI is InChI=1S/C25H35NO/c1-4-5-6-13-18-25(27)19(2)23(21-14-9-7-10-15-21)26-24(20(25)3)22-16-11-8-12-17-22/h7-12,14-17,19-20,23-24,26-27H,4-6,13,18H2,1-3H3/t19-,20-,23-,24-/m0/s1. The Morgan fingerprint density at radius 1 is 0.778 bits per heavy atom. The first kappa shape index (κ1) is 20.1. The van der Waals surface area contributed by atoms with E-state index in [9.17, 15) is 5.11 Å². The third-order valence-electron chi connectivity index (χ3n) is 6.68. The van der Waals surface area contributed by atoms with Crippen molar-refractivity contribution in [2.45, 2.75) is 70.6 Å². The molecule has 146 valence electrons. The Hall–Kier alpha value is -1.64. The molecule has 0 spiro atoms. The van der Waals surface area contributed by atoms with Gasteiger partial charge in [0.1, 0.15) is 0 Å². The summed E-state index contributed by atoms with van der Waals surface area (Å²) in [6, 6.07) is 21.6. The number of hydrogen-bond donors (Lipinski definition) is 2. The fourth-order valence-corrected chi connectivity index (χ4v) is 4.85. The summed E-state index contributed by atoms with van der Waals surface area (Å²) < 4.78 is 0. The number of hydrogen-bond acceptors (Lipinski definition) is 2. The molecule has 0 bridgehead atoms. The minimum Gasteiger partial charge on any atom is -0.389 e. The zero-order chi connectivity index (χ0) is 19.3. The van der Waals surface area contributed by atoms with E-state index in [-0.39, 0.29) is 23.9 Å². The topological polar surface area (TPSA) is 32.3 Å². The van der Waals surface area contributed by atoms with Gasteiger partial charge in [0.15, 0.2) is 0 Å². The van der Waals surface area contributed by atoms with E-state index < -0.39 is 5.60 Å². The van der Waals surface area contributed by atoms with Crippen molar-refractivity contribution in [2.24, 2.45) is 11.8 Å². The van der Waals surface area contributed by atoms with E-state index in [1.54, 1.807) is 0 Å². The smallest absolute Gasteiger partial charge is 0.0734 e. The van der Waals surface area contributed by atoms with E-state index >= 15 is 0 Å². The van der Waals surface area contributed by atoms with Crippen LogP contribution in [0.2, 0.25) is 0 Å². The zero-order valence-corrected chi connectivity index (χ0v) is 17.1. The molecule has 0 aromatic heterocycles. The van der Waals surface area contributed by atoms with Gasteiger partial charge in [-0.3, -0.25) is 0 Å². The number of unbranched alkanes of at least 4 members (excludes halogenated alkanes) is 3. The Morgan fingerprint density at radius 2 is 1.26 bits per heavy atom. The molecular formula is C25H35NO. The van der Waals surface area contributed by atoms with Gasteiger partial charge in [0.2, 0.25) is 0 Å². The average molecular weight is 366 g/mol. The van der Waals surface area contributed by atoms with Gasteiger partial charge in [-0.25, -0.2) is 0 Å². The largest absolute Gasteiger partial charge is 0.389 e. The molecule has 1 aliphatic rings. The van der Waals surface area contributed by atoms with Crippen molar-refractivity contribution in [3.05, 3.63) is 71.8 Å². The Bertz CT molecular complexity index is 632. The quantitative estimate of drug-likeness (QED) is 0.586. The summed E-state index contributed by atoms with van der Waals surface area (Å²) in [5.74, 6) is 0.327. The van der Waals surface area contributed by atoms with Crippen LogP contribution in [0.1, 0.15) is 76.1 Å². The van der Waals surface area contributed by atoms with Gasteiger partial charge in [-0.05, 0) is 17.5 Å². The highest BCUT2D eigenvalue weighted by atomic mass is 16.3. The zero-order valence-electron chi connectivity index (χ0n) is 17.1. The Balaban J connectivity index is 1.92. The van der Waals surface area contributed by atoms with E-state index in [0.29, 0.717) is 0 Å². The van der Waals surface area contributed by atoms with Gasteiger partial charge in [0.05, 0.1) is 5.60 Å². The predicted octanol–water partition coefficient (Wildman–Crippen LogP) is 6.05. The molecule has 0 amide bonds. The minimum absolute atomic E-state index is 0.156. The molecule has 1 heterocycles. The van der Waals surface area contributed by atoms with Crippen LogP contribution in [0.4, 0.5) is 0 Å². The summed E-state index contributed by atoms with van der Waals surface area (Å²) in [5.41, 5.74) is 1.87. The van der Waals surface area contributed by atoms with Gasteiger partial charge in [0, 0.05) is 23.9 Å². The normalized spacial score (nSPS) is 31.0. The summed E-state index contributed by atoms with van der Waals surface area (Å²) in [4.78, 5) is 0. The number of aliphatic hydroxyl groups is 1. The van der Waals surface area contributed by atoms with Gasteiger partial charge in [-0.15, -0.1) is 0 Å². The third kappa shape index (κ3) is 4.28. The second-order valence-corrected chi connectivity index (χ2v) is 8.32. The number of nitrogens with one attached hydrogen (secondary N) is 1. The average Bonchev–Trinajstić information content (AvgIpc) is 2.71. The molecule has 1 fully saturated rings. The molecule has 3 rings (SSSR count). The van der Waals surface area contributed by atoms with Crippen LogP contribution >= 0.6 is 0 Å². The van der Waals surface area contributed by atoms with Crippen LogP contribution in [0.15, 0.2) is 60.7 Å². The molecule has 2 aromatic carbocycles. The molecule has 1 aliphatic heterocycles. The van der Waals surface area contributed by atoms with Crippen molar-refractivity contribution in [1.29, 1.82) is 0 Å². The molecular weight excluding hydrogens is 330 g/mol. The Labute approximate surface area is 165 Å². The van der Waals surface area contributed by atoms with E-state index in [4.69, 9.17) is 0 Å². The highest BCUT2D eigenvalue weighted by Gasteiger charge is 2.50. The fraction of sp³-hybridized carbons (Fsp3) is 0.520. The molecule has 27 heavy (non-hydrogen) atoms. The van der Waals surface area contributed by atoms with Crippen LogP contribution in [0.3, 0.4) is 0 Å². The highest BCUT2D eigenvalue weighted by Crippen LogP contribution is 2.48. The van der Waals surface area contributed by atoms with Crippen LogP contribution in [0.25, 0.3) is 0 Å². The molecule has 0 radical (unpaired) electrons. The molecule has 0 saturated carbocycles. The SMILES string of the molecule is CCCCCCC1(O)[C@@H](C)[C@@H](c2ccccc2)N[C@H](c2ccccc2)[C@@H]1C. The van der Waals surface area contributed by atoms with Crippen molar-refractivity contribution in [1.82, 2.24) is 5.32 Å². The number of rotatable bonds is 7. The molecule has 2 N–H and O–H groups in total. The third-order valence-corrected chi connectivity index (χ3v) is 6.68. The summed E-state index contributed by atoms with van der Waals surface area (Å²) in [7, 11) is 0. The Morgan fingerprint density at radius 3 is 1.70 bits per heavy atom. The molecule has 2 nitrogen and oxygen atoms in total. The monoisotopic (exact) mass is 365 g/mol. The van der Waals surface area contributed by atoms with E-state index in [2.05, 4.69) is 86.8 Å². The number of piperidine rings is 1. The summed E-state index contributed by atoms with van der Waals surface area (Å²) in [5, 5.41) is 15.8. The van der Waals surface area contributed by atoms with E-state index in [1.807, 2.05) is 0 Å². The van der Waals surface area contributed by atoms with Crippen LogP contribution in [0, 0.1) is 11.8 Å². The molecule has 1 saturated heterocycles. The predicted molar refractivity (Wildman–Crippen MR) is 114 cm³/mol. The van der Waals surface area contributed by atoms with E-state index in [0.717, 1.165) is 12.8 Å². The summed E-state index contributed by atoms with van der Waals surface area (Å²) in [6.07, 6.45) is 5.66. The van der Waals surface area contributed by atoms with Crippen molar-refractivity contribution in [3.63, 3.8) is 0 Å². The van der Waals surface area contributed by atoms with Crippen molar-refractivity contribution in [3.8, 4) is 0 Å². The first-order valence-electron chi connectivity index (χ1n) is 10.7. The van der Waals surface area contributed by atoms with Crippen molar-refractivity contribution in [2.75, 3.05) is 0 Å². The van der Waals surface area contributed by atoms with Crippen LogP contribution < -0.4 is 5.32 Å². The first-order chi connectivity index (χ1) is 13.1. The molecule has 4 atom stereocenters. The molecule has 0 aliphatic carbocycles. The highest BCUT2D eigenvalue weighted by molar-refractivity contribution is 5.27. The van der Waals surface area contributed by atoms with Gasteiger partial charge < -0.3 is 10.4 Å². The lowest BCUT2D eigenvalue weighted by molar-refractivity contribution is -0.117. The van der Waals surface area contributed by atoms with Crippen LogP contribution in [-0.2, 0) is 0 Å². The maximum Gasteiger partial charge on any atom is 0.0734 e. The minimum atomic E-state index is -0.667. The van der Waals surface area contributed by atoms with Crippen molar-refractivity contribution >= 4 is 0 Å². The van der Waals surface area contributed by atoms with Crippen LogP contribution in [0.5, 0.6) is 0 Å². The Kier molecular flexibility index (Phi) is 6.73. The molecule has 2 aromatic rings. The van der Waals surface area contributed by atoms with Gasteiger partial charge in [-0.2, -0.15) is 0 Å². The van der Waals surface area contributed by atoms with Gasteiger partial charge in [-0.1, -0.05) is 107 Å². The van der Waals surface area contributed by atoms with Crippen LogP contribution in [-0.4, -0.2) is 10.7 Å². The molecule has 2 heteroatoms. The maximum atomic E-state index is 11.9. The number of benzene rings is 2. The summed E-state index contributed by atoms with van der Waals surface area (Å²) in [6.45, 7) is 6.69. The van der Waals surface area contributed by atoms with Crippen molar-refractivity contribution < 1.29 is 5.11 Å². The first-order valence-corrected chi connectivity index (χ1v) is 10.7. The van der Waals surface area contributed by atoms with Gasteiger partial charge >= 0.3 is 0 Å². The lowest BCUT2D eigenvalue weighted by atomic mass is 9.64. The lowest BCUT2D eigenvalue weighted by Gasteiger charge is -2.52. The second kappa shape index (κ2) is 9.03. The van der Waals surface area contributed by atoms with E-state index in [1.165, 1.54) is 30.4 Å². The summed E-state index contributed by atoms with van der Waals surface area (Å²) >= 11 is 0.